The van der Waals surface area contributed by atoms with Crippen molar-refractivity contribution in [2.45, 2.75) is 19.0 Å². The van der Waals surface area contributed by atoms with Crippen LogP contribution in [0, 0.1) is 0 Å². The van der Waals surface area contributed by atoms with E-state index in [0.717, 1.165) is 12.1 Å². The van der Waals surface area contributed by atoms with E-state index in [-0.39, 0.29) is 17.9 Å². The molecule has 2 nitrogen and oxygen atoms in total. The molecule has 1 aliphatic heterocycles. The van der Waals surface area contributed by atoms with Crippen molar-refractivity contribution < 1.29 is 4.79 Å². The summed E-state index contributed by atoms with van der Waals surface area (Å²) in [6, 6.07) is 28.8. The SMILES string of the molecule is CCN1[C@H](C(=O)c2ccccc2)[C@H]1c1ccc(-c2ccccc2)cc1. The zero-order valence-corrected chi connectivity index (χ0v) is 14.3. The lowest BCUT2D eigenvalue weighted by Gasteiger charge is -2.04. The molecule has 1 aliphatic rings. The number of rotatable bonds is 5. The molecule has 0 N–H and O–H groups in total. The lowest BCUT2D eigenvalue weighted by Crippen LogP contribution is -2.12. The van der Waals surface area contributed by atoms with Crippen molar-refractivity contribution in [2.75, 3.05) is 6.54 Å². The molecular weight excluding hydrogens is 306 g/mol. The molecule has 2 heteroatoms. The fourth-order valence-electron chi connectivity index (χ4n) is 3.61. The van der Waals surface area contributed by atoms with Crippen molar-refractivity contribution >= 4 is 5.78 Å². The van der Waals surface area contributed by atoms with Crippen molar-refractivity contribution in [1.29, 1.82) is 0 Å². The quantitative estimate of drug-likeness (QED) is 0.486. The molecule has 0 radical (unpaired) electrons. The van der Waals surface area contributed by atoms with Crippen LogP contribution >= 0.6 is 0 Å². The molecule has 0 saturated carbocycles. The number of likely N-dealkylation sites (N-methyl/N-ethyl adjacent to an activating group) is 1. The van der Waals surface area contributed by atoms with Gasteiger partial charge in [0.15, 0.2) is 5.78 Å². The van der Waals surface area contributed by atoms with Gasteiger partial charge < -0.3 is 0 Å². The highest BCUT2D eigenvalue weighted by Gasteiger charge is 2.51. The first-order chi connectivity index (χ1) is 12.3. The molecule has 1 saturated heterocycles. The Balaban J connectivity index is 1.56. The van der Waals surface area contributed by atoms with Crippen molar-refractivity contribution in [1.82, 2.24) is 4.90 Å². The van der Waals surface area contributed by atoms with Crippen LogP contribution in [-0.2, 0) is 0 Å². The van der Waals surface area contributed by atoms with Gasteiger partial charge in [-0.25, -0.2) is 0 Å². The Labute approximate surface area is 148 Å². The van der Waals surface area contributed by atoms with E-state index in [4.69, 9.17) is 0 Å². The van der Waals surface area contributed by atoms with Gasteiger partial charge in [-0.2, -0.15) is 0 Å². The second-order valence-corrected chi connectivity index (χ2v) is 6.44. The summed E-state index contributed by atoms with van der Waals surface area (Å²) < 4.78 is 0. The Bertz CT molecular complexity index is 856. The van der Waals surface area contributed by atoms with Crippen LogP contribution in [0.25, 0.3) is 11.1 Å². The van der Waals surface area contributed by atoms with E-state index in [1.165, 1.54) is 16.7 Å². The molecule has 1 unspecified atom stereocenters. The number of benzene rings is 3. The van der Waals surface area contributed by atoms with E-state index in [1.54, 1.807) is 0 Å². The zero-order valence-electron chi connectivity index (χ0n) is 14.3. The second-order valence-electron chi connectivity index (χ2n) is 6.44. The van der Waals surface area contributed by atoms with E-state index >= 15 is 0 Å². The van der Waals surface area contributed by atoms with Gasteiger partial charge in [-0.1, -0.05) is 91.9 Å². The fourth-order valence-corrected chi connectivity index (χ4v) is 3.61. The van der Waals surface area contributed by atoms with Crippen LogP contribution in [0.15, 0.2) is 84.9 Å². The third-order valence-electron chi connectivity index (χ3n) is 4.98. The summed E-state index contributed by atoms with van der Waals surface area (Å²) in [7, 11) is 0. The minimum absolute atomic E-state index is 0.0324. The predicted molar refractivity (Wildman–Crippen MR) is 102 cm³/mol. The highest BCUT2D eigenvalue weighted by Crippen LogP contribution is 2.44. The molecular formula is C23H21NO. The molecule has 124 valence electrons. The number of Topliss-reactive ketones (excluding diaryl/α,β-unsaturated/α-hetero) is 1. The van der Waals surface area contributed by atoms with Crippen LogP contribution < -0.4 is 0 Å². The Morgan fingerprint density at radius 2 is 1.36 bits per heavy atom. The van der Waals surface area contributed by atoms with Crippen LogP contribution in [0.5, 0.6) is 0 Å². The van der Waals surface area contributed by atoms with Gasteiger partial charge in [0.05, 0.1) is 12.1 Å². The second kappa shape index (κ2) is 6.66. The zero-order chi connectivity index (χ0) is 17.2. The van der Waals surface area contributed by atoms with Crippen LogP contribution in [-0.4, -0.2) is 23.3 Å². The molecule has 0 amide bonds. The largest absolute Gasteiger partial charge is 0.292 e. The Morgan fingerprint density at radius 1 is 0.800 bits per heavy atom. The molecule has 3 atom stereocenters. The molecule has 1 fully saturated rings. The molecule has 1 heterocycles. The van der Waals surface area contributed by atoms with Gasteiger partial charge in [0, 0.05) is 5.56 Å². The smallest absolute Gasteiger partial charge is 0.181 e. The number of carbonyl (C=O) groups is 1. The molecule has 0 bridgehead atoms. The summed E-state index contributed by atoms with van der Waals surface area (Å²) in [5.41, 5.74) is 4.44. The summed E-state index contributed by atoms with van der Waals surface area (Å²) in [4.78, 5) is 15.1. The van der Waals surface area contributed by atoms with E-state index in [2.05, 4.69) is 60.4 Å². The van der Waals surface area contributed by atoms with E-state index in [1.807, 2.05) is 36.4 Å². The summed E-state index contributed by atoms with van der Waals surface area (Å²) >= 11 is 0. The maximum atomic E-state index is 12.8. The van der Waals surface area contributed by atoms with Crippen LogP contribution in [0.3, 0.4) is 0 Å². The highest BCUT2D eigenvalue weighted by atomic mass is 16.1. The Kier molecular flexibility index (Phi) is 4.21. The standard InChI is InChI=1S/C23H21NO/c1-2-24-21(22(24)23(25)20-11-7-4-8-12-20)19-15-13-18(14-16-19)17-9-5-3-6-10-17/h3-16,21-22H,2H2,1H3/t21-,22+,24?/m1/s1. The Morgan fingerprint density at radius 3 is 1.96 bits per heavy atom. The topological polar surface area (TPSA) is 20.1 Å². The van der Waals surface area contributed by atoms with E-state index in [9.17, 15) is 4.79 Å². The van der Waals surface area contributed by atoms with Gasteiger partial charge in [0.2, 0.25) is 0 Å². The first-order valence-corrected chi connectivity index (χ1v) is 8.80. The van der Waals surface area contributed by atoms with E-state index in [0.29, 0.717) is 0 Å². The first-order valence-electron chi connectivity index (χ1n) is 8.80. The lowest BCUT2D eigenvalue weighted by molar-refractivity contribution is 0.0974. The monoisotopic (exact) mass is 327 g/mol. The average Bonchev–Trinajstić information content (AvgIpc) is 3.43. The van der Waals surface area contributed by atoms with Gasteiger partial charge >= 0.3 is 0 Å². The third-order valence-corrected chi connectivity index (χ3v) is 4.98. The summed E-state index contributed by atoms with van der Waals surface area (Å²) in [6.07, 6.45) is 0. The summed E-state index contributed by atoms with van der Waals surface area (Å²) in [5, 5.41) is 0. The first kappa shape index (κ1) is 15.8. The van der Waals surface area contributed by atoms with Crippen molar-refractivity contribution in [3.05, 3.63) is 96.1 Å². The van der Waals surface area contributed by atoms with Crippen molar-refractivity contribution in [3.8, 4) is 11.1 Å². The van der Waals surface area contributed by atoms with Gasteiger partial charge in [-0.3, -0.25) is 9.69 Å². The minimum Gasteiger partial charge on any atom is -0.292 e. The van der Waals surface area contributed by atoms with E-state index < -0.39 is 0 Å². The molecule has 0 aliphatic carbocycles. The molecule has 25 heavy (non-hydrogen) atoms. The summed E-state index contributed by atoms with van der Waals surface area (Å²) in [6.45, 7) is 3.00. The number of hydrogen-bond acceptors (Lipinski definition) is 2. The minimum atomic E-state index is -0.0324. The maximum Gasteiger partial charge on any atom is 0.181 e. The number of hydrogen-bond donors (Lipinski definition) is 0. The van der Waals surface area contributed by atoms with Crippen LogP contribution in [0.1, 0.15) is 28.9 Å². The third kappa shape index (κ3) is 3.01. The number of ketones is 1. The van der Waals surface area contributed by atoms with Gasteiger partial charge in [-0.05, 0) is 23.2 Å². The molecule has 0 spiro atoms. The number of carbonyl (C=O) groups excluding carboxylic acids is 1. The predicted octanol–water partition coefficient (Wildman–Crippen LogP) is 4.98. The lowest BCUT2D eigenvalue weighted by atomic mass is 10.00. The highest BCUT2D eigenvalue weighted by molar-refractivity contribution is 6.02. The molecule has 4 rings (SSSR count). The summed E-state index contributed by atoms with van der Waals surface area (Å²) in [5.74, 6) is 0.222. The normalized spacial score (nSPS) is 21.7. The van der Waals surface area contributed by atoms with Gasteiger partial charge in [0.25, 0.3) is 0 Å². The van der Waals surface area contributed by atoms with Crippen molar-refractivity contribution in [3.63, 3.8) is 0 Å². The van der Waals surface area contributed by atoms with Crippen molar-refractivity contribution in [2.24, 2.45) is 0 Å². The molecule has 0 aromatic heterocycles. The number of nitrogens with zero attached hydrogens (tertiary/aromatic N) is 1. The molecule has 3 aromatic carbocycles. The van der Waals surface area contributed by atoms with Gasteiger partial charge in [0.1, 0.15) is 0 Å². The molecule has 3 aromatic rings. The van der Waals surface area contributed by atoms with Crippen LogP contribution in [0.4, 0.5) is 0 Å². The Hall–Kier alpha value is -2.71. The maximum absolute atomic E-state index is 12.8. The van der Waals surface area contributed by atoms with Gasteiger partial charge in [-0.15, -0.1) is 0 Å². The van der Waals surface area contributed by atoms with Crippen LogP contribution in [0.2, 0.25) is 0 Å². The average molecular weight is 327 g/mol. The fraction of sp³-hybridized carbons (Fsp3) is 0.174.